The van der Waals surface area contributed by atoms with Crippen LogP contribution in [0.25, 0.3) is 0 Å². The molecule has 2 rings (SSSR count). The first-order chi connectivity index (χ1) is 8.61. The van der Waals surface area contributed by atoms with Crippen molar-refractivity contribution in [1.29, 1.82) is 0 Å². The molecule has 1 saturated heterocycles. The number of nitro groups is 1. The van der Waals surface area contributed by atoms with Crippen LogP contribution in [0.1, 0.15) is 32.1 Å². The van der Waals surface area contributed by atoms with Gasteiger partial charge in [-0.3, -0.25) is 10.1 Å². The zero-order valence-electron chi connectivity index (χ0n) is 10.4. The third-order valence-electron chi connectivity index (χ3n) is 3.87. The Morgan fingerprint density at radius 3 is 3.06 bits per heavy atom. The van der Waals surface area contributed by atoms with Crippen LogP contribution in [0, 0.1) is 10.1 Å². The summed E-state index contributed by atoms with van der Waals surface area (Å²) in [4.78, 5) is 22.6. The highest BCUT2D eigenvalue weighted by atomic mass is 16.6. The summed E-state index contributed by atoms with van der Waals surface area (Å²) in [5.41, 5.74) is -0.666. The molecule has 18 heavy (non-hydrogen) atoms. The number of carbonyl (C=O) groups excluding carboxylic acids is 1. The van der Waals surface area contributed by atoms with Gasteiger partial charge >= 0.3 is 5.97 Å². The molecule has 2 atom stereocenters. The summed E-state index contributed by atoms with van der Waals surface area (Å²) in [6.45, 7) is 0.434. The number of hydrogen-bond acceptors (Lipinski definition) is 5. The molecule has 2 aliphatic rings. The first-order valence-corrected chi connectivity index (χ1v) is 6.16. The van der Waals surface area contributed by atoms with Crippen molar-refractivity contribution in [3.63, 3.8) is 0 Å². The Hall–Kier alpha value is -1.43. The third kappa shape index (κ3) is 2.01. The largest absolute Gasteiger partial charge is 0.466 e. The normalized spacial score (nSPS) is 33.8. The molecule has 0 amide bonds. The van der Waals surface area contributed by atoms with Crippen molar-refractivity contribution in [2.24, 2.45) is 0 Å². The van der Waals surface area contributed by atoms with Crippen LogP contribution in [-0.4, -0.2) is 36.3 Å². The van der Waals surface area contributed by atoms with Crippen LogP contribution in [0.3, 0.4) is 0 Å². The summed E-state index contributed by atoms with van der Waals surface area (Å²) in [5.74, 6) is -0.530. The lowest BCUT2D eigenvalue weighted by molar-refractivity contribution is -0.579. The lowest BCUT2D eigenvalue weighted by Gasteiger charge is -2.41. The van der Waals surface area contributed by atoms with E-state index in [1.165, 1.54) is 13.2 Å². The van der Waals surface area contributed by atoms with E-state index in [1.807, 2.05) is 0 Å². The minimum atomic E-state index is -1.22. The molecule has 0 bridgehead atoms. The van der Waals surface area contributed by atoms with E-state index in [1.54, 1.807) is 0 Å². The molecule has 6 heteroatoms. The molecule has 6 nitrogen and oxygen atoms in total. The molecule has 0 radical (unpaired) electrons. The van der Waals surface area contributed by atoms with E-state index in [-0.39, 0.29) is 4.92 Å². The Labute approximate surface area is 105 Å². The summed E-state index contributed by atoms with van der Waals surface area (Å²) in [7, 11) is 1.27. The Morgan fingerprint density at radius 1 is 1.61 bits per heavy atom. The third-order valence-corrected chi connectivity index (χ3v) is 3.87. The predicted molar refractivity (Wildman–Crippen MR) is 62.6 cm³/mol. The molecule has 0 N–H and O–H groups in total. The predicted octanol–water partition coefficient (Wildman–Crippen LogP) is 1.46. The fourth-order valence-corrected chi connectivity index (χ4v) is 2.96. The summed E-state index contributed by atoms with van der Waals surface area (Å²) in [6.07, 6.45) is 4.14. The van der Waals surface area contributed by atoms with E-state index in [0.717, 1.165) is 12.8 Å². The van der Waals surface area contributed by atoms with Crippen LogP contribution in [0.2, 0.25) is 0 Å². The van der Waals surface area contributed by atoms with Crippen LogP contribution in [0.5, 0.6) is 0 Å². The minimum absolute atomic E-state index is 0.273. The van der Waals surface area contributed by atoms with Gasteiger partial charge in [0.25, 0.3) is 5.54 Å². The van der Waals surface area contributed by atoms with Crippen LogP contribution in [0.15, 0.2) is 11.6 Å². The maximum atomic E-state index is 11.5. The Bertz CT molecular complexity index is 390. The Kier molecular flexibility index (Phi) is 3.65. The van der Waals surface area contributed by atoms with Gasteiger partial charge in [0.2, 0.25) is 0 Å². The molecule has 0 unspecified atom stereocenters. The maximum Gasteiger partial charge on any atom is 0.330 e. The molecule has 0 aromatic heterocycles. The molecule has 1 aliphatic heterocycles. The van der Waals surface area contributed by atoms with Crippen molar-refractivity contribution < 1.29 is 19.2 Å². The van der Waals surface area contributed by atoms with Gasteiger partial charge in [0.15, 0.2) is 0 Å². The average Bonchev–Trinajstić information content (AvgIpc) is 2.38. The van der Waals surface area contributed by atoms with Gasteiger partial charge in [-0.1, -0.05) is 6.42 Å². The van der Waals surface area contributed by atoms with Gasteiger partial charge < -0.3 is 9.47 Å². The molecule has 100 valence electrons. The van der Waals surface area contributed by atoms with Gasteiger partial charge in [-0.15, -0.1) is 0 Å². The summed E-state index contributed by atoms with van der Waals surface area (Å²) in [5, 5.41) is 11.5. The fourth-order valence-electron chi connectivity index (χ4n) is 2.96. The van der Waals surface area contributed by atoms with E-state index in [2.05, 4.69) is 4.74 Å². The van der Waals surface area contributed by atoms with E-state index in [4.69, 9.17) is 4.74 Å². The molecular weight excluding hydrogens is 238 g/mol. The van der Waals surface area contributed by atoms with Gasteiger partial charge in [-0.05, 0) is 19.3 Å². The van der Waals surface area contributed by atoms with Crippen LogP contribution < -0.4 is 0 Å². The van der Waals surface area contributed by atoms with Crippen molar-refractivity contribution in [2.45, 2.75) is 43.7 Å². The number of methoxy groups -OCH3 is 1. The topological polar surface area (TPSA) is 78.7 Å². The quantitative estimate of drug-likeness (QED) is 0.323. The van der Waals surface area contributed by atoms with E-state index in [0.29, 0.717) is 31.4 Å². The summed E-state index contributed by atoms with van der Waals surface area (Å²) in [6, 6.07) is 0. The van der Waals surface area contributed by atoms with Gasteiger partial charge in [-0.25, -0.2) is 4.79 Å². The molecule has 2 fully saturated rings. The van der Waals surface area contributed by atoms with E-state index < -0.39 is 17.6 Å². The molecular formula is C12H17NO5. The van der Waals surface area contributed by atoms with Crippen molar-refractivity contribution in [3.8, 4) is 0 Å². The fraction of sp³-hybridized carbons (Fsp3) is 0.750. The number of ether oxygens (including phenoxy) is 2. The Balaban J connectivity index is 2.40. The average molecular weight is 255 g/mol. The van der Waals surface area contributed by atoms with Gasteiger partial charge in [-0.2, -0.15) is 0 Å². The molecule has 1 heterocycles. The zero-order valence-corrected chi connectivity index (χ0v) is 10.4. The number of nitrogens with zero attached hydrogens (tertiary/aromatic N) is 1. The SMILES string of the molecule is COC(=O)/C=C1/CCO[C@@H]2CCCC[C@]12[N+](=O)[O-]. The molecule has 0 aromatic carbocycles. The smallest absolute Gasteiger partial charge is 0.330 e. The van der Waals surface area contributed by atoms with Crippen molar-refractivity contribution >= 4 is 5.97 Å². The maximum absolute atomic E-state index is 11.5. The van der Waals surface area contributed by atoms with Gasteiger partial charge in [0, 0.05) is 23.0 Å². The highest BCUT2D eigenvalue weighted by Gasteiger charge is 2.57. The standard InChI is InChI=1S/C12H17NO5/c1-17-11(14)8-9-5-7-18-10-4-2-3-6-12(9,10)13(15)16/h8,10H,2-7H2,1H3/b9-8-/t10-,12+/m1/s1. The van der Waals surface area contributed by atoms with Crippen LogP contribution in [0.4, 0.5) is 0 Å². The number of fused-ring (bicyclic) bond motifs is 1. The summed E-state index contributed by atoms with van der Waals surface area (Å²) >= 11 is 0. The molecule has 1 saturated carbocycles. The van der Waals surface area contributed by atoms with Crippen molar-refractivity contribution in [1.82, 2.24) is 0 Å². The molecule has 1 aliphatic carbocycles. The summed E-state index contributed by atoms with van der Waals surface area (Å²) < 4.78 is 10.1. The number of rotatable bonds is 2. The zero-order chi connectivity index (χ0) is 13.2. The Morgan fingerprint density at radius 2 is 2.39 bits per heavy atom. The second kappa shape index (κ2) is 5.06. The highest BCUT2D eigenvalue weighted by Crippen LogP contribution is 2.43. The first-order valence-electron chi connectivity index (χ1n) is 6.16. The van der Waals surface area contributed by atoms with Crippen molar-refractivity contribution in [3.05, 3.63) is 21.8 Å². The number of hydrogen-bond donors (Lipinski definition) is 0. The lowest BCUT2D eigenvalue weighted by atomic mass is 9.72. The van der Waals surface area contributed by atoms with Crippen LogP contribution >= 0.6 is 0 Å². The second-order valence-corrected chi connectivity index (χ2v) is 4.73. The molecule has 0 spiro atoms. The highest BCUT2D eigenvalue weighted by molar-refractivity contribution is 5.83. The minimum Gasteiger partial charge on any atom is -0.466 e. The first kappa shape index (κ1) is 13.0. The second-order valence-electron chi connectivity index (χ2n) is 4.73. The molecule has 0 aromatic rings. The van der Waals surface area contributed by atoms with Crippen LogP contribution in [-0.2, 0) is 14.3 Å². The van der Waals surface area contributed by atoms with Gasteiger partial charge in [0.05, 0.1) is 13.7 Å². The van der Waals surface area contributed by atoms with E-state index >= 15 is 0 Å². The van der Waals surface area contributed by atoms with Crippen molar-refractivity contribution in [2.75, 3.05) is 13.7 Å². The monoisotopic (exact) mass is 255 g/mol. The van der Waals surface area contributed by atoms with Gasteiger partial charge in [0.1, 0.15) is 6.10 Å². The van der Waals surface area contributed by atoms with E-state index in [9.17, 15) is 14.9 Å². The number of carbonyl (C=O) groups is 1. The number of esters is 1. The lowest BCUT2D eigenvalue weighted by Crippen LogP contribution is -2.56.